The molecular formula is C16H28N2O2. The van der Waals surface area contributed by atoms with E-state index in [1.807, 2.05) is 0 Å². The number of fused-ring (bicyclic) bond motifs is 1. The van der Waals surface area contributed by atoms with E-state index in [1.165, 1.54) is 25.7 Å². The first-order valence-electron chi connectivity index (χ1n) is 8.45. The first-order valence-corrected chi connectivity index (χ1v) is 8.45. The van der Waals surface area contributed by atoms with Crippen LogP contribution in [0.15, 0.2) is 0 Å². The van der Waals surface area contributed by atoms with Gasteiger partial charge in [-0.25, -0.2) is 0 Å². The van der Waals surface area contributed by atoms with Crippen LogP contribution in [0.2, 0.25) is 0 Å². The fourth-order valence-electron chi connectivity index (χ4n) is 4.23. The zero-order valence-electron chi connectivity index (χ0n) is 12.4. The molecule has 0 aromatic rings. The van der Waals surface area contributed by atoms with Crippen LogP contribution in [0.4, 0.5) is 0 Å². The lowest BCUT2D eigenvalue weighted by Gasteiger charge is -2.45. The highest BCUT2D eigenvalue weighted by Gasteiger charge is 2.40. The van der Waals surface area contributed by atoms with Gasteiger partial charge in [-0.05, 0) is 25.7 Å². The van der Waals surface area contributed by atoms with Gasteiger partial charge in [-0.3, -0.25) is 4.79 Å². The van der Waals surface area contributed by atoms with Gasteiger partial charge in [-0.1, -0.05) is 32.1 Å². The summed E-state index contributed by atoms with van der Waals surface area (Å²) in [5.41, 5.74) is 6.28. The summed E-state index contributed by atoms with van der Waals surface area (Å²) >= 11 is 0. The predicted molar refractivity (Wildman–Crippen MR) is 78.3 cm³/mol. The fraction of sp³-hybridized carbons (Fsp3) is 0.938. The van der Waals surface area contributed by atoms with Crippen molar-refractivity contribution in [2.24, 2.45) is 11.7 Å². The van der Waals surface area contributed by atoms with Crippen LogP contribution in [0.1, 0.15) is 57.8 Å². The zero-order chi connectivity index (χ0) is 13.9. The zero-order valence-corrected chi connectivity index (χ0v) is 12.4. The van der Waals surface area contributed by atoms with Gasteiger partial charge in [0.1, 0.15) is 0 Å². The molecule has 20 heavy (non-hydrogen) atoms. The second-order valence-electron chi connectivity index (χ2n) is 6.70. The molecule has 0 radical (unpaired) electrons. The molecule has 4 unspecified atom stereocenters. The molecule has 2 N–H and O–H groups in total. The Kier molecular flexibility index (Phi) is 4.61. The summed E-state index contributed by atoms with van der Waals surface area (Å²) in [4.78, 5) is 15.1. The maximum absolute atomic E-state index is 13.0. The van der Waals surface area contributed by atoms with Crippen molar-refractivity contribution in [1.29, 1.82) is 0 Å². The molecule has 4 nitrogen and oxygen atoms in total. The number of rotatable bonds is 1. The maximum Gasteiger partial charge on any atom is 0.227 e. The van der Waals surface area contributed by atoms with E-state index >= 15 is 0 Å². The standard InChI is InChI=1S/C16H28N2O2/c17-13-7-3-1-2-6-12(13)16(19)18-10-11-20-15-9-5-4-8-14(15)18/h12-15H,1-11,17H2. The Morgan fingerprint density at radius 2 is 1.75 bits per heavy atom. The molecule has 1 heterocycles. The van der Waals surface area contributed by atoms with Crippen LogP contribution in [-0.4, -0.2) is 42.1 Å². The van der Waals surface area contributed by atoms with Gasteiger partial charge < -0.3 is 15.4 Å². The van der Waals surface area contributed by atoms with Crippen molar-refractivity contribution in [2.45, 2.75) is 76.0 Å². The highest BCUT2D eigenvalue weighted by molar-refractivity contribution is 5.80. The fourth-order valence-corrected chi connectivity index (χ4v) is 4.23. The average molecular weight is 280 g/mol. The van der Waals surface area contributed by atoms with Gasteiger partial charge >= 0.3 is 0 Å². The van der Waals surface area contributed by atoms with Gasteiger partial charge in [-0.2, -0.15) is 0 Å². The number of carbonyl (C=O) groups excluding carboxylic acids is 1. The summed E-state index contributed by atoms with van der Waals surface area (Å²) in [5, 5.41) is 0. The van der Waals surface area contributed by atoms with E-state index in [4.69, 9.17) is 10.5 Å². The van der Waals surface area contributed by atoms with Gasteiger partial charge in [-0.15, -0.1) is 0 Å². The molecule has 0 bridgehead atoms. The molecule has 4 atom stereocenters. The highest BCUT2D eigenvalue weighted by atomic mass is 16.5. The molecule has 4 heteroatoms. The number of amides is 1. The van der Waals surface area contributed by atoms with Crippen LogP contribution in [0.25, 0.3) is 0 Å². The van der Waals surface area contributed by atoms with Gasteiger partial charge in [0.2, 0.25) is 5.91 Å². The van der Waals surface area contributed by atoms with Crippen molar-refractivity contribution in [3.05, 3.63) is 0 Å². The Hall–Kier alpha value is -0.610. The average Bonchev–Trinajstić information content (AvgIpc) is 2.70. The maximum atomic E-state index is 13.0. The van der Waals surface area contributed by atoms with Gasteiger partial charge in [0, 0.05) is 12.6 Å². The van der Waals surface area contributed by atoms with Crippen LogP contribution in [0.5, 0.6) is 0 Å². The van der Waals surface area contributed by atoms with E-state index < -0.39 is 0 Å². The molecule has 114 valence electrons. The van der Waals surface area contributed by atoms with Crippen molar-refractivity contribution in [3.63, 3.8) is 0 Å². The minimum absolute atomic E-state index is 0.0539. The van der Waals surface area contributed by atoms with Crippen LogP contribution in [-0.2, 0) is 9.53 Å². The Morgan fingerprint density at radius 1 is 1.00 bits per heavy atom. The first kappa shape index (κ1) is 14.3. The molecule has 0 aromatic carbocycles. The van der Waals surface area contributed by atoms with Crippen LogP contribution < -0.4 is 5.73 Å². The van der Waals surface area contributed by atoms with E-state index in [-0.39, 0.29) is 18.1 Å². The van der Waals surface area contributed by atoms with Gasteiger partial charge in [0.15, 0.2) is 0 Å². The minimum atomic E-state index is 0.0539. The van der Waals surface area contributed by atoms with E-state index in [0.717, 1.165) is 38.6 Å². The molecule has 3 rings (SSSR count). The summed E-state index contributed by atoms with van der Waals surface area (Å²) in [6.07, 6.45) is 10.5. The number of nitrogens with two attached hydrogens (primary N) is 1. The van der Waals surface area contributed by atoms with Gasteiger partial charge in [0.05, 0.1) is 24.7 Å². The summed E-state index contributed by atoms with van der Waals surface area (Å²) in [5.74, 6) is 0.373. The number of hydrogen-bond acceptors (Lipinski definition) is 3. The summed E-state index contributed by atoms with van der Waals surface area (Å²) in [6.45, 7) is 1.47. The number of ether oxygens (including phenoxy) is 1. The molecule has 3 aliphatic rings. The van der Waals surface area contributed by atoms with E-state index in [2.05, 4.69) is 4.90 Å². The molecule has 0 spiro atoms. The van der Waals surface area contributed by atoms with Gasteiger partial charge in [0.25, 0.3) is 0 Å². The summed E-state index contributed by atoms with van der Waals surface area (Å²) in [6, 6.07) is 0.385. The van der Waals surface area contributed by atoms with Crippen molar-refractivity contribution in [3.8, 4) is 0 Å². The topological polar surface area (TPSA) is 55.6 Å². The van der Waals surface area contributed by atoms with Crippen molar-refractivity contribution in [2.75, 3.05) is 13.2 Å². The molecular weight excluding hydrogens is 252 g/mol. The third kappa shape index (κ3) is 2.86. The van der Waals surface area contributed by atoms with Crippen LogP contribution in [0.3, 0.4) is 0 Å². The second kappa shape index (κ2) is 6.44. The lowest BCUT2D eigenvalue weighted by molar-refractivity contribution is -0.154. The Bertz CT molecular complexity index is 345. The van der Waals surface area contributed by atoms with Crippen molar-refractivity contribution < 1.29 is 9.53 Å². The molecule has 1 aliphatic heterocycles. The number of morpholine rings is 1. The Balaban J connectivity index is 1.71. The minimum Gasteiger partial charge on any atom is -0.374 e. The first-order chi connectivity index (χ1) is 9.77. The second-order valence-corrected chi connectivity index (χ2v) is 6.70. The smallest absolute Gasteiger partial charge is 0.227 e. The molecule has 1 amide bonds. The van der Waals surface area contributed by atoms with Crippen LogP contribution >= 0.6 is 0 Å². The van der Waals surface area contributed by atoms with Crippen molar-refractivity contribution in [1.82, 2.24) is 4.90 Å². The molecule has 3 fully saturated rings. The highest BCUT2D eigenvalue weighted by Crippen LogP contribution is 2.31. The molecule has 2 saturated carbocycles. The molecule has 1 saturated heterocycles. The third-order valence-corrected chi connectivity index (χ3v) is 5.40. The summed E-state index contributed by atoms with van der Waals surface area (Å²) in [7, 11) is 0. The van der Waals surface area contributed by atoms with E-state index in [9.17, 15) is 4.79 Å². The Labute approximate surface area is 122 Å². The normalized spacial score (nSPS) is 39.0. The monoisotopic (exact) mass is 280 g/mol. The predicted octanol–water partition coefficient (Wildman–Crippen LogP) is 2.06. The van der Waals surface area contributed by atoms with E-state index in [1.54, 1.807) is 0 Å². The lowest BCUT2D eigenvalue weighted by Crippen LogP contribution is -2.57. The largest absolute Gasteiger partial charge is 0.374 e. The molecule has 0 aromatic heterocycles. The SMILES string of the molecule is NC1CCCCCC1C(=O)N1CCOC2CCCCC21. The number of nitrogens with zero attached hydrogens (tertiary/aromatic N) is 1. The van der Waals surface area contributed by atoms with Crippen molar-refractivity contribution >= 4 is 5.91 Å². The molecule has 2 aliphatic carbocycles. The Morgan fingerprint density at radius 3 is 2.65 bits per heavy atom. The summed E-state index contributed by atoms with van der Waals surface area (Å²) < 4.78 is 5.88. The van der Waals surface area contributed by atoms with E-state index in [0.29, 0.717) is 18.6 Å². The quantitative estimate of drug-likeness (QED) is 0.748. The number of carbonyl (C=O) groups is 1. The lowest BCUT2D eigenvalue weighted by atomic mass is 9.87. The number of hydrogen-bond donors (Lipinski definition) is 1. The van der Waals surface area contributed by atoms with Crippen LogP contribution in [0, 0.1) is 5.92 Å². The third-order valence-electron chi connectivity index (χ3n) is 5.40.